The first-order valence-corrected chi connectivity index (χ1v) is 5.94. The van der Waals surface area contributed by atoms with Crippen LogP contribution in [-0.2, 0) is 4.74 Å². The molecule has 4 heteroatoms. The zero-order valence-corrected chi connectivity index (χ0v) is 9.60. The van der Waals surface area contributed by atoms with Crippen molar-refractivity contribution < 1.29 is 4.74 Å². The second-order valence-electron chi connectivity index (χ2n) is 4.15. The summed E-state index contributed by atoms with van der Waals surface area (Å²) in [6.07, 6.45) is 2.03. The highest BCUT2D eigenvalue weighted by atomic mass is 32.2. The van der Waals surface area contributed by atoms with E-state index in [2.05, 4.69) is 20.8 Å². The van der Waals surface area contributed by atoms with Crippen molar-refractivity contribution >= 4 is 27.5 Å². The van der Waals surface area contributed by atoms with E-state index >= 15 is 0 Å². The van der Waals surface area contributed by atoms with Crippen LogP contribution in [0.15, 0.2) is 0 Å². The molecule has 0 saturated carbocycles. The minimum atomic E-state index is -0.271. The first-order valence-electron chi connectivity index (χ1n) is 4.65. The molecule has 0 N–H and O–H groups in total. The normalized spacial score (nSPS) is 45.8. The van der Waals surface area contributed by atoms with Crippen molar-refractivity contribution in [3.8, 4) is 0 Å². The minimum absolute atomic E-state index is 0.0255. The summed E-state index contributed by atoms with van der Waals surface area (Å²) < 4.78 is 5.76. The summed E-state index contributed by atoms with van der Waals surface area (Å²) in [6.45, 7) is 6.29. The predicted octanol–water partition coefficient (Wildman–Crippen LogP) is 1.61. The summed E-state index contributed by atoms with van der Waals surface area (Å²) in [6, 6.07) is -0.225. The second kappa shape index (κ2) is 3.90. The Labute approximate surface area is 88.2 Å². The molecule has 1 aliphatic heterocycles. The Hall–Kier alpha value is 0.440. The maximum atomic E-state index is 6.13. The molecule has 3 unspecified atom stereocenters. The lowest BCUT2D eigenvalue weighted by molar-refractivity contribution is -0.0308. The van der Waals surface area contributed by atoms with Crippen molar-refractivity contribution in [1.82, 2.24) is 0 Å². The Morgan fingerprint density at radius 2 is 1.92 bits per heavy atom. The predicted molar refractivity (Wildman–Crippen MR) is 60.7 cm³/mol. The molecule has 1 saturated heterocycles. The first kappa shape index (κ1) is 11.5. The molecule has 0 aromatic carbocycles. The Morgan fingerprint density at radius 3 is 2.15 bits per heavy atom. The maximum absolute atomic E-state index is 6.13. The van der Waals surface area contributed by atoms with E-state index in [9.17, 15) is 0 Å². The van der Waals surface area contributed by atoms with Crippen LogP contribution >= 0.6 is 11.8 Å². The fraction of sp³-hybridized carbons (Fsp3) is 1.00. The zero-order valence-electron chi connectivity index (χ0n) is 8.78. The van der Waals surface area contributed by atoms with Crippen LogP contribution in [0, 0.1) is 5.92 Å². The molecule has 4 atom stereocenters. The van der Waals surface area contributed by atoms with Crippen molar-refractivity contribution in [2.24, 2.45) is 5.92 Å². The summed E-state index contributed by atoms with van der Waals surface area (Å²) in [5.41, 5.74) is -0.271. The van der Waals surface area contributed by atoms with E-state index in [4.69, 9.17) is 20.4 Å². The summed E-state index contributed by atoms with van der Waals surface area (Å²) in [7, 11) is 12.0. The highest BCUT2D eigenvalue weighted by Crippen LogP contribution is 2.46. The molecule has 70 valence electrons. The van der Waals surface area contributed by atoms with Gasteiger partial charge < -0.3 is 4.74 Å². The molecular formula is C9H16B2OS. The van der Waals surface area contributed by atoms with Gasteiger partial charge in [0.05, 0.1) is 13.4 Å². The van der Waals surface area contributed by atoms with Crippen LogP contribution in [0.5, 0.6) is 0 Å². The van der Waals surface area contributed by atoms with Crippen molar-refractivity contribution in [3.63, 3.8) is 0 Å². The molecule has 13 heavy (non-hydrogen) atoms. The van der Waals surface area contributed by atoms with Gasteiger partial charge >= 0.3 is 0 Å². The molecule has 4 radical (unpaired) electrons. The van der Waals surface area contributed by atoms with Gasteiger partial charge in [-0.3, -0.25) is 0 Å². The largest absolute Gasteiger partial charge is 0.381 e. The molecule has 0 spiro atoms. The second-order valence-corrected chi connectivity index (χ2v) is 5.16. The van der Waals surface area contributed by atoms with Crippen LogP contribution in [0.1, 0.15) is 20.8 Å². The van der Waals surface area contributed by atoms with Gasteiger partial charge in [-0.05, 0) is 24.9 Å². The number of rotatable bonds is 2. The van der Waals surface area contributed by atoms with Gasteiger partial charge in [0.1, 0.15) is 7.85 Å². The maximum Gasteiger partial charge on any atom is 0.110 e. The van der Waals surface area contributed by atoms with E-state index in [0.29, 0.717) is 5.92 Å². The molecule has 0 aromatic heterocycles. The minimum Gasteiger partial charge on any atom is -0.381 e. The number of hydrogen-bond donors (Lipinski definition) is 0. The molecule has 1 heterocycles. The number of ether oxygens (including phenoxy) is 1. The molecule has 1 aliphatic rings. The topological polar surface area (TPSA) is 9.23 Å². The molecule has 0 bridgehead atoms. The van der Waals surface area contributed by atoms with Crippen molar-refractivity contribution in [1.29, 1.82) is 0 Å². The summed E-state index contributed by atoms with van der Waals surface area (Å²) in [5, 5.41) is 0.215. The van der Waals surface area contributed by atoms with Crippen molar-refractivity contribution in [3.05, 3.63) is 0 Å². The third-order valence-electron chi connectivity index (χ3n) is 3.15. The summed E-state index contributed by atoms with van der Waals surface area (Å²) in [5.74, 6) is 0.420. The van der Waals surface area contributed by atoms with E-state index in [0.717, 1.165) is 0 Å². The van der Waals surface area contributed by atoms with Gasteiger partial charge in [0.2, 0.25) is 0 Å². The van der Waals surface area contributed by atoms with Crippen LogP contribution in [0.3, 0.4) is 0 Å². The van der Waals surface area contributed by atoms with Gasteiger partial charge in [0.25, 0.3) is 0 Å². The van der Waals surface area contributed by atoms with E-state index in [-0.39, 0.29) is 22.7 Å². The third kappa shape index (κ3) is 1.80. The average molecular weight is 194 g/mol. The van der Waals surface area contributed by atoms with E-state index in [1.165, 1.54) is 0 Å². The zero-order chi connectivity index (χ0) is 10.2. The fourth-order valence-electron chi connectivity index (χ4n) is 1.77. The molecule has 1 fully saturated rings. The molecular weight excluding hydrogens is 178 g/mol. The van der Waals surface area contributed by atoms with Gasteiger partial charge in [-0.2, -0.15) is 11.8 Å². The SMILES string of the molecule is [B]C1OC(C)(C(C)C)[C@H]([B])C1SC. The average Bonchev–Trinajstić information content (AvgIpc) is 2.25. The Kier molecular flexibility index (Phi) is 3.45. The van der Waals surface area contributed by atoms with E-state index in [1.807, 2.05) is 6.26 Å². The van der Waals surface area contributed by atoms with Gasteiger partial charge in [-0.1, -0.05) is 13.8 Å². The van der Waals surface area contributed by atoms with E-state index in [1.54, 1.807) is 11.8 Å². The Bertz CT molecular complexity index is 188. The lowest BCUT2D eigenvalue weighted by Crippen LogP contribution is -2.36. The Morgan fingerprint density at radius 1 is 1.38 bits per heavy atom. The standard InChI is InChI=1S/C9H16B2OS/c1-5(2)9(3)7(10)6(13-4)8(11)12-9/h5-8H,1-4H3/t6?,7-,8?,9?/m1/s1. The van der Waals surface area contributed by atoms with Crippen LogP contribution in [0.2, 0.25) is 5.82 Å². The molecule has 0 amide bonds. The highest BCUT2D eigenvalue weighted by molar-refractivity contribution is 7.99. The molecule has 1 nitrogen and oxygen atoms in total. The molecule has 1 rings (SSSR count). The van der Waals surface area contributed by atoms with Crippen LogP contribution in [0.25, 0.3) is 0 Å². The van der Waals surface area contributed by atoms with Gasteiger partial charge in [0.15, 0.2) is 0 Å². The monoisotopic (exact) mass is 194 g/mol. The Balaban J connectivity index is 2.82. The quantitative estimate of drug-likeness (QED) is 0.617. The smallest absolute Gasteiger partial charge is 0.110 e. The fourth-order valence-corrected chi connectivity index (χ4v) is 2.66. The highest BCUT2D eigenvalue weighted by Gasteiger charge is 2.48. The molecule has 0 aliphatic carbocycles. The number of hydrogen-bond acceptors (Lipinski definition) is 2. The number of thioether (sulfide) groups is 1. The van der Waals surface area contributed by atoms with Crippen LogP contribution < -0.4 is 0 Å². The van der Waals surface area contributed by atoms with Gasteiger partial charge in [0, 0.05) is 11.3 Å². The molecule has 0 aromatic rings. The van der Waals surface area contributed by atoms with Crippen LogP contribution in [0.4, 0.5) is 0 Å². The third-order valence-corrected chi connectivity index (χ3v) is 4.25. The van der Waals surface area contributed by atoms with Crippen molar-refractivity contribution in [2.75, 3.05) is 6.26 Å². The first-order chi connectivity index (χ1) is 5.93. The lowest BCUT2D eigenvalue weighted by Gasteiger charge is -2.34. The summed E-state index contributed by atoms with van der Waals surface area (Å²) in [4.78, 5) is 0. The lowest BCUT2D eigenvalue weighted by atomic mass is 9.67. The van der Waals surface area contributed by atoms with Gasteiger partial charge in [-0.25, -0.2) is 0 Å². The summed E-state index contributed by atoms with van der Waals surface area (Å²) >= 11 is 1.69. The van der Waals surface area contributed by atoms with Crippen molar-refractivity contribution in [2.45, 2.75) is 43.4 Å². The van der Waals surface area contributed by atoms with Gasteiger partial charge in [-0.15, -0.1) is 0 Å². The van der Waals surface area contributed by atoms with E-state index < -0.39 is 0 Å². The van der Waals surface area contributed by atoms with Crippen LogP contribution in [-0.4, -0.2) is 38.8 Å².